The first-order valence-corrected chi connectivity index (χ1v) is 5.74. The Kier molecular flexibility index (Phi) is 6.37. The van der Waals surface area contributed by atoms with Crippen LogP contribution in [0.3, 0.4) is 0 Å². The number of carboxylic acid groups (broad SMARTS) is 1. The molecule has 1 saturated heterocycles. The predicted molar refractivity (Wildman–Crippen MR) is 57.2 cm³/mol. The molecule has 0 radical (unpaired) electrons. The second-order valence-electron chi connectivity index (χ2n) is 3.98. The maximum atomic E-state index is 10.5. The predicted octanol–water partition coefficient (Wildman–Crippen LogP) is 1.27. The van der Waals surface area contributed by atoms with Gasteiger partial charge in [0.15, 0.2) is 6.29 Å². The first-order valence-electron chi connectivity index (χ1n) is 5.74. The van der Waals surface area contributed by atoms with Crippen molar-refractivity contribution in [1.82, 2.24) is 0 Å². The van der Waals surface area contributed by atoms with Crippen molar-refractivity contribution in [1.29, 1.82) is 0 Å². The molecule has 0 aromatic heterocycles. The van der Waals surface area contributed by atoms with Crippen LogP contribution in [-0.4, -0.2) is 43.8 Å². The van der Waals surface area contributed by atoms with E-state index in [0.29, 0.717) is 13.2 Å². The summed E-state index contributed by atoms with van der Waals surface area (Å²) < 4.78 is 16.0. The third-order valence-electron chi connectivity index (χ3n) is 2.46. The minimum Gasteiger partial charge on any atom is -0.481 e. The molecule has 0 spiro atoms. The highest BCUT2D eigenvalue weighted by molar-refractivity contribution is 5.69. The van der Waals surface area contributed by atoms with Crippen LogP contribution in [0, 0.1) is 5.92 Å². The molecule has 0 aliphatic carbocycles. The summed E-state index contributed by atoms with van der Waals surface area (Å²) in [6.07, 6.45) is 3.08. The van der Waals surface area contributed by atoms with Crippen LogP contribution >= 0.6 is 0 Å². The van der Waals surface area contributed by atoms with Crippen LogP contribution in [-0.2, 0) is 19.0 Å². The Morgan fingerprint density at radius 1 is 1.50 bits per heavy atom. The molecule has 1 heterocycles. The van der Waals surface area contributed by atoms with Crippen LogP contribution in [0.1, 0.15) is 26.2 Å². The Morgan fingerprint density at radius 2 is 2.31 bits per heavy atom. The fourth-order valence-corrected chi connectivity index (χ4v) is 1.41. The van der Waals surface area contributed by atoms with E-state index >= 15 is 0 Å². The molecule has 94 valence electrons. The summed E-state index contributed by atoms with van der Waals surface area (Å²) in [4.78, 5) is 10.5. The topological polar surface area (TPSA) is 65.0 Å². The Bertz CT molecular complexity index is 201. The molecule has 2 atom stereocenters. The van der Waals surface area contributed by atoms with Crippen LogP contribution in [0.15, 0.2) is 0 Å². The number of hydrogen-bond donors (Lipinski definition) is 1. The number of rotatable bonds is 7. The van der Waals surface area contributed by atoms with E-state index in [1.807, 2.05) is 0 Å². The van der Waals surface area contributed by atoms with Crippen molar-refractivity contribution in [3.05, 3.63) is 0 Å². The van der Waals surface area contributed by atoms with E-state index < -0.39 is 11.9 Å². The van der Waals surface area contributed by atoms with Gasteiger partial charge in [-0.1, -0.05) is 0 Å². The smallest absolute Gasteiger partial charge is 0.308 e. The van der Waals surface area contributed by atoms with Crippen LogP contribution < -0.4 is 0 Å². The van der Waals surface area contributed by atoms with E-state index in [2.05, 4.69) is 0 Å². The van der Waals surface area contributed by atoms with Crippen molar-refractivity contribution in [3.8, 4) is 0 Å². The number of aliphatic carboxylic acids is 1. The molecular formula is C11H20O5. The van der Waals surface area contributed by atoms with Crippen LogP contribution in [0.5, 0.6) is 0 Å². The third kappa shape index (κ3) is 5.44. The van der Waals surface area contributed by atoms with Gasteiger partial charge in [-0.05, 0) is 26.2 Å². The molecule has 1 rings (SSSR count). The molecule has 16 heavy (non-hydrogen) atoms. The molecular weight excluding hydrogens is 212 g/mol. The van der Waals surface area contributed by atoms with Gasteiger partial charge in [0.05, 0.1) is 25.7 Å². The molecule has 0 amide bonds. The molecule has 0 aromatic carbocycles. The SMILES string of the molecule is CC(COCCOC1CCCCO1)C(=O)O. The summed E-state index contributed by atoms with van der Waals surface area (Å²) in [7, 11) is 0. The quantitative estimate of drug-likeness (QED) is 0.669. The van der Waals surface area contributed by atoms with E-state index in [0.717, 1.165) is 25.9 Å². The van der Waals surface area contributed by atoms with Crippen molar-refractivity contribution < 1.29 is 24.1 Å². The molecule has 5 heteroatoms. The monoisotopic (exact) mass is 232 g/mol. The highest BCUT2D eigenvalue weighted by atomic mass is 16.7. The van der Waals surface area contributed by atoms with Gasteiger partial charge in [-0.15, -0.1) is 0 Å². The average molecular weight is 232 g/mol. The van der Waals surface area contributed by atoms with Crippen molar-refractivity contribution >= 4 is 5.97 Å². The van der Waals surface area contributed by atoms with Gasteiger partial charge in [0.2, 0.25) is 0 Å². The Labute approximate surface area is 95.7 Å². The second-order valence-corrected chi connectivity index (χ2v) is 3.98. The van der Waals surface area contributed by atoms with Crippen molar-refractivity contribution in [2.24, 2.45) is 5.92 Å². The van der Waals surface area contributed by atoms with E-state index in [1.165, 1.54) is 0 Å². The molecule has 5 nitrogen and oxygen atoms in total. The van der Waals surface area contributed by atoms with E-state index in [1.54, 1.807) is 6.92 Å². The Hall–Kier alpha value is -0.650. The molecule has 1 aliphatic rings. The molecule has 1 N–H and O–H groups in total. The second kappa shape index (κ2) is 7.60. The minimum absolute atomic E-state index is 0.103. The van der Waals surface area contributed by atoms with Crippen molar-refractivity contribution in [2.45, 2.75) is 32.5 Å². The molecule has 1 aliphatic heterocycles. The molecule has 0 saturated carbocycles. The van der Waals surface area contributed by atoms with Gasteiger partial charge in [-0.2, -0.15) is 0 Å². The maximum Gasteiger partial charge on any atom is 0.308 e. The summed E-state index contributed by atoms with van der Waals surface area (Å²) in [6.45, 7) is 3.48. The first kappa shape index (κ1) is 13.4. The third-order valence-corrected chi connectivity index (χ3v) is 2.46. The fourth-order valence-electron chi connectivity index (χ4n) is 1.41. The zero-order valence-electron chi connectivity index (χ0n) is 9.68. The number of carboxylic acids is 1. The fraction of sp³-hybridized carbons (Fsp3) is 0.909. The number of ether oxygens (including phenoxy) is 3. The Balaban J connectivity index is 1.93. The van der Waals surface area contributed by atoms with E-state index in [-0.39, 0.29) is 12.9 Å². The zero-order chi connectivity index (χ0) is 11.8. The highest BCUT2D eigenvalue weighted by Crippen LogP contribution is 2.13. The van der Waals surface area contributed by atoms with E-state index in [4.69, 9.17) is 19.3 Å². The lowest BCUT2D eigenvalue weighted by molar-refractivity contribution is -0.170. The summed E-state index contributed by atoms with van der Waals surface area (Å²) in [5.41, 5.74) is 0. The maximum absolute atomic E-state index is 10.5. The standard InChI is InChI=1S/C11H20O5/c1-9(11(12)13)8-14-6-7-16-10-4-2-3-5-15-10/h9-10H,2-8H2,1H3,(H,12,13). The summed E-state index contributed by atoms with van der Waals surface area (Å²) in [5.74, 6) is -1.30. The number of hydrogen-bond acceptors (Lipinski definition) is 4. The van der Waals surface area contributed by atoms with Gasteiger partial charge in [0, 0.05) is 6.61 Å². The van der Waals surface area contributed by atoms with Crippen LogP contribution in [0.25, 0.3) is 0 Å². The van der Waals surface area contributed by atoms with Crippen molar-refractivity contribution in [3.63, 3.8) is 0 Å². The first-order chi connectivity index (χ1) is 7.70. The van der Waals surface area contributed by atoms with Crippen LogP contribution in [0.4, 0.5) is 0 Å². The average Bonchev–Trinajstić information content (AvgIpc) is 2.29. The van der Waals surface area contributed by atoms with Gasteiger partial charge >= 0.3 is 5.97 Å². The Morgan fingerprint density at radius 3 is 2.94 bits per heavy atom. The lowest BCUT2D eigenvalue weighted by Gasteiger charge is -2.22. The summed E-state index contributed by atoms with van der Waals surface area (Å²) in [6, 6.07) is 0. The largest absolute Gasteiger partial charge is 0.481 e. The van der Waals surface area contributed by atoms with Gasteiger partial charge in [0.1, 0.15) is 0 Å². The van der Waals surface area contributed by atoms with Gasteiger partial charge in [0.25, 0.3) is 0 Å². The molecule has 0 aromatic rings. The summed E-state index contributed by atoms with van der Waals surface area (Å²) in [5, 5.41) is 8.61. The lowest BCUT2D eigenvalue weighted by atomic mass is 10.2. The lowest BCUT2D eigenvalue weighted by Crippen LogP contribution is -2.24. The van der Waals surface area contributed by atoms with Gasteiger partial charge < -0.3 is 19.3 Å². The number of carbonyl (C=O) groups is 1. The molecule has 2 unspecified atom stereocenters. The van der Waals surface area contributed by atoms with Crippen molar-refractivity contribution in [2.75, 3.05) is 26.4 Å². The molecule has 0 bridgehead atoms. The normalized spacial score (nSPS) is 22.9. The highest BCUT2D eigenvalue weighted by Gasteiger charge is 2.14. The van der Waals surface area contributed by atoms with Gasteiger partial charge in [-0.25, -0.2) is 0 Å². The van der Waals surface area contributed by atoms with E-state index in [9.17, 15) is 4.79 Å². The zero-order valence-corrected chi connectivity index (χ0v) is 9.68. The molecule has 1 fully saturated rings. The van der Waals surface area contributed by atoms with Crippen LogP contribution in [0.2, 0.25) is 0 Å². The minimum atomic E-state index is -0.837. The van der Waals surface area contributed by atoms with Gasteiger partial charge in [-0.3, -0.25) is 4.79 Å². The summed E-state index contributed by atoms with van der Waals surface area (Å²) >= 11 is 0.